The monoisotopic (exact) mass is 637 g/mol. The molecular formula is C32H33F2N5O5S. The van der Waals surface area contributed by atoms with Crippen LogP contribution in [0, 0.1) is 11.7 Å². The molecule has 0 bridgehead atoms. The Balaban J connectivity index is 1.52. The lowest BCUT2D eigenvalue weighted by Gasteiger charge is -2.34. The maximum absolute atomic E-state index is 13.8. The van der Waals surface area contributed by atoms with E-state index in [-0.39, 0.29) is 28.5 Å². The molecule has 0 saturated carbocycles. The Morgan fingerprint density at radius 3 is 2.60 bits per heavy atom. The minimum atomic E-state index is -3.97. The number of hydrogen-bond donors (Lipinski definition) is 3. The molecule has 4 aromatic rings. The standard InChI is InChI=1S/C32H33F2N5O5S/c1-35-31(40)29-25-15-24(20-4-3-5-21(14-20)32(41)38-12-10-26-22(18-38)17-36-37-26)27(39(13-11-33)45(2,42)43)16-28(25)44-30(29)19-6-8-23(34)9-7-19/h3-9,14-16,22,26,36-37H,10-13,17-18H2,1-2H3,(H,35,40). The third kappa shape index (κ3) is 5.90. The number of nitrogens with zero attached hydrogens (tertiary/aromatic N) is 2. The first-order chi connectivity index (χ1) is 21.6. The Morgan fingerprint density at radius 1 is 1.11 bits per heavy atom. The first-order valence-corrected chi connectivity index (χ1v) is 16.4. The number of benzene rings is 3. The molecule has 236 valence electrons. The minimum Gasteiger partial charge on any atom is -0.455 e. The zero-order valence-corrected chi connectivity index (χ0v) is 25.6. The van der Waals surface area contributed by atoms with Gasteiger partial charge in [0.2, 0.25) is 10.0 Å². The third-order valence-electron chi connectivity index (χ3n) is 8.42. The summed E-state index contributed by atoms with van der Waals surface area (Å²) in [6, 6.07) is 15.7. The van der Waals surface area contributed by atoms with E-state index in [1.54, 1.807) is 30.3 Å². The van der Waals surface area contributed by atoms with Crippen molar-refractivity contribution in [3.63, 3.8) is 0 Å². The van der Waals surface area contributed by atoms with E-state index in [0.717, 1.165) is 23.5 Å². The molecule has 3 N–H and O–H groups in total. The lowest BCUT2D eigenvalue weighted by atomic mass is 9.93. The highest BCUT2D eigenvalue weighted by molar-refractivity contribution is 7.92. The molecule has 3 heterocycles. The summed E-state index contributed by atoms with van der Waals surface area (Å²) in [6.07, 6.45) is 1.80. The van der Waals surface area contributed by atoms with Gasteiger partial charge in [0.25, 0.3) is 11.8 Å². The van der Waals surface area contributed by atoms with E-state index in [2.05, 4.69) is 16.2 Å². The second kappa shape index (κ2) is 12.2. The number of amides is 2. The zero-order chi connectivity index (χ0) is 31.9. The Morgan fingerprint density at radius 2 is 1.89 bits per heavy atom. The van der Waals surface area contributed by atoms with E-state index in [1.807, 2.05) is 4.90 Å². The SMILES string of the molecule is CNC(=O)c1c(-c2ccc(F)cc2)oc2cc(N(CCF)S(C)(=O)=O)c(-c3cccc(C(=O)N4CCC5NNCC5C4)c3)cc12. The number of carbonyl (C=O) groups excluding carboxylic acids is 2. The number of carbonyl (C=O) groups is 2. The van der Waals surface area contributed by atoms with Crippen LogP contribution in [0.15, 0.2) is 65.1 Å². The lowest BCUT2D eigenvalue weighted by Crippen LogP contribution is -2.47. The van der Waals surface area contributed by atoms with Gasteiger partial charge in [0.1, 0.15) is 23.8 Å². The number of sulfonamides is 1. The molecule has 2 unspecified atom stereocenters. The molecule has 6 rings (SSSR count). The smallest absolute Gasteiger partial charge is 0.255 e. The van der Waals surface area contributed by atoms with E-state index in [9.17, 15) is 26.8 Å². The van der Waals surface area contributed by atoms with Gasteiger partial charge in [-0.05, 0) is 54.4 Å². The zero-order valence-electron chi connectivity index (χ0n) is 24.8. The van der Waals surface area contributed by atoms with Gasteiger partial charge in [0.05, 0.1) is 24.1 Å². The molecular weight excluding hydrogens is 604 g/mol. The number of fused-ring (bicyclic) bond motifs is 2. The molecule has 45 heavy (non-hydrogen) atoms. The van der Waals surface area contributed by atoms with Crippen LogP contribution in [-0.4, -0.2) is 77.3 Å². The molecule has 2 saturated heterocycles. The number of furan rings is 1. The number of rotatable bonds is 8. The van der Waals surface area contributed by atoms with Crippen LogP contribution >= 0.6 is 0 Å². The van der Waals surface area contributed by atoms with Crippen molar-refractivity contribution >= 4 is 38.5 Å². The average Bonchev–Trinajstić information content (AvgIpc) is 3.66. The summed E-state index contributed by atoms with van der Waals surface area (Å²) in [5, 5.41) is 2.97. The number of nitrogens with one attached hydrogen (secondary N) is 3. The first kappa shape index (κ1) is 30.7. The molecule has 10 nitrogen and oxygen atoms in total. The summed E-state index contributed by atoms with van der Waals surface area (Å²) in [7, 11) is -2.50. The van der Waals surface area contributed by atoms with Crippen molar-refractivity contribution in [2.75, 3.05) is 50.5 Å². The summed E-state index contributed by atoms with van der Waals surface area (Å²) in [5.41, 5.74) is 8.57. The molecule has 2 aliphatic heterocycles. The number of halogens is 2. The van der Waals surface area contributed by atoms with Crippen molar-refractivity contribution in [1.29, 1.82) is 0 Å². The van der Waals surface area contributed by atoms with Gasteiger partial charge in [-0.25, -0.2) is 17.2 Å². The number of hydrazine groups is 1. The predicted molar refractivity (Wildman–Crippen MR) is 168 cm³/mol. The van der Waals surface area contributed by atoms with Crippen LogP contribution in [0.25, 0.3) is 33.4 Å². The Bertz CT molecular complexity index is 1880. The van der Waals surface area contributed by atoms with Crippen molar-refractivity contribution < 1.29 is 31.2 Å². The van der Waals surface area contributed by atoms with Gasteiger partial charge in [0.15, 0.2) is 0 Å². The molecule has 0 radical (unpaired) electrons. The molecule has 0 aliphatic carbocycles. The van der Waals surface area contributed by atoms with E-state index < -0.39 is 35.0 Å². The summed E-state index contributed by atoms with van der Waals surface area (Å²) in [5.74, 6) is -0.637. The van der Waals surface area contributed by atoms with Crippen LogP contribution in [0.5, 0.6) is 0 Å². The topological polar surface area (TPSA) is 124 Å². The normalized spacial score (nSPS) is 18.2. The Labute approximate surface area is 259 Å². The summed E-state index contributed by atoms with van der Waals surface area (Å²) >= 11 is 0. The fraction of sp³-hybridized carbons (Fsp3) is 0.312. The van der Waals surface area contributed by atoms with E-state index in [1.165, 1.54) is 37.4 Å². The second-order valence-corrected chi connectivity index (χ2v) is 13.2. The van der Waals surface area contributed by atoms with E-state index in [4.69, 9.17) is 4.42 Å². The van der Waals surface area contributed by atoms with Crippen LogP contribution in [0.4, 0.5) is 14.5 Å². The minimum absolute atomic E-state index is 0.124. The number of hydrogen-bond acceptors (Lipinski definition) is 7. The molecule has 2 fully saturated rings. The second-order valence-electron chi connectivity index (χ2n) is 11.3. The maximum Gasteiger partial charge on any atom is 0.255 e. The summed E-state index contributed by atoms with van der Waals surface area (Å²) in [4.78, 5) is 28.7. The van der Waals surface area contributed by atoms with Crippen molar-refractivity contribution in [3.8, 4) is 22.5 Å². The van der Waals surface area contributed by atoms with Gasteiger partial charge in [0, 0.05) is 66.8 Å². The van der Waals surface area contributed by atoms with Gasteiger partial charge in [-0.1, -0.05) is 12.1 Å². The highest BCUT2D eigenvalue weighted by Gasteiger charge is 2.35. The summed E-state index contributed by atoms with van der Waals surface area (Å²) < 4.78 is 60.5. The fourth-order valence-corrected chi connectivity index (χ4v) is 7.11. The molecule has 2 aliphatic rings. The number of anilines is 1. The van der Waals surface area contributed by atoms with Crippen LogP contribution in [0.1, 0.15) is 27.1 Å². The number of likely N-dealkylation sites (tertiary alicyclic amines) is 1. The van der Waals surface area contributed by atoms with Crippen molar-refractivity contribution in [2.45, 2.75) is 12.5 Å². The van der Waals surface area contributed by atoms with Gasteiger partial charge in [-0.2, -0.15) is 0 Å². The predicted octanol–water partition coefficient (Wildman–Crippen LogP) is 3.94. The third-order valence-corrected chi connectivity index (χ3v) is 9.60. The number of piperidine rings is 1. The lowest BCUT2D eigenvalue weighted by molar-refractivity contribution is 0.0668. The average molecular weight is 638 g/mol. The van der Waals surface area contributed by atoms with E-state index >= 15 is 0 Å². The number of alkyl halides is 1. The van der Waals surface area contributed by atoms with Crippen LogP contribution in [0.2, 0.25) is 0 Å². The van der Waals surface area contributed by atoms with Gasteiger partial charge >= 0.3 is 0 Å². The quantitative estimate of drug-likeness (QED) is 0.268. The van der Waals surface area contributed by atoms with Gasteiger partial charge in [-0.15, -0.1) is 0 Å². The maximum atomic E-state index is 13.8. The van der Waals surface area contributed by atoms with Gasteiger partial charge < -0.3 is 14.6 Å². The molecule has 3 aromatic carbocycles. The van der Waals surface area contributed by atoms with Crippen molar-refractivity contribution in [2.24, 2.45) is 5.92 Å². The highest BCUT2D eigenvalue weighted by atomic mass is 32.2. The van der Waals surface area contributed by atoms with Crippen LogP contribution in [0.3, 0.4) is 0 Å². The Hall–Kier alpha value is -4.33. The first-order valence-electron chi connectivity index (χ1n) is 14.6. The van der Waals surface area contributed by atoms with Crippen LogP contribution < -0.4 is 20.5 Å². The van der Waals surface area contributed by atoms with E-state index in [0.29, 0.717) is 52.7 Å². The largest absolute Gasteiger partial charge is 0.455 e. The highest BCUT2D eigenvalue weighted by Crippen LogP contribution is 2.42. The fourth-order valence-electron chi connectivity index (χ4n) is 6.20. The molecule has 2 amide bonds. The molecule has 1 aromatic heterocycles. The molecule has 0 spiro atoms. The Kier molecular flexibility index (Phi) is 8.33. The molecule has 2 atom stereocenters. The van der Waals surface area contributed by atoms with Crippen LogP contribution in [-0.2, 0) is 10.0 Å². The van der Waals surface area contributed by atoms with Crippen molar-refractivity contribution in [1.82, 2.24) is 21.1 Å². The van der Waals surface area contributed by atoms with Crippen molar-refractivity contribution in [3.05, 3.63) is 77.6 Å². The van der Waals surface area contributed by atoms with Gasteiger partial charge in [-0.3, -0.25) is 24.7 Å². The molecule has 13 heteroatoms. The summed E-state index contributed by atoms with van der Waals surface area (Å²) in [6.45, 7) is 0.547.